The summed E-state index contributed by atoms with van der Waals surface area (Å²) in [4.78, 5) is 4.18. The lowest BCUT2D eigenvalue weighted by molar-refractivity contribution is -0.201. The van der Waals surface area contributed by atoms with Gasteiger partial charge in [0.05, 0.1) is 10.7 Å². The smallest absolute Gasteiger partial charge is 0.382 e. The molecule has 3 nitrogen and oxygen atoms in total. The number of rotatable bonds is 5. The predicted octanol–water partition coefficient (Wildman–Crippen LogP) is 2.14. The Morgan fingerprint density at radius 1 is 1.53 bits per heavy atom. The van der Waals surface area contributed by atoms with Gasteiger partial charge in [0, 0.05) is 18.5 Å². The average molecular weight is 291 g/mol. The Hall–Kier alpha value is -0.370. The van der Waals surface area contributed by atoms with Crippen molar-refractivity contribution in [1.29, 1.82) is 0 Å². The molecule has 1 heterocycles. The molecule has 0 radical (unpaired) electrons. The highest BCUT2D eigenvalue weighted by Gasteiger charge is 2.37. The van der Waals surface area contributed by atoms with Crippen molar-refractivity contribution in [1.82, 2.24) is 10.3 Å². The molecule has 1 rings (SSSR count). The average Bonchev–Trinajstić information content (AvgIpc) is 2.64. The number of aryl methyl sites for hydroxylation is 1. The van der Waals surface area contributed by atoms with Gasteiger partial charge in [-0.25, -0.2) is 4.98 Å². The summed E-state index contributed by atoms with van der Waals surface area (Å²) in [5.74, 6) is 0. The number of aliphatic hydroxyl groups is 1. The summed E-state index contributed by atoms with van der Waals surface area (Å²) in [6.45, 7) is 1.69. The monoisotopic (exact) mass is 290 g/mol. The fourth-order valence-corrected chi connectivity index (χ4v) is 1.79. The number of nitrogens with one attached hydrogen (secondary N) is 1. The maximum atomic E-state index is 11.9. The molecule has 0 aliphatic rings. The van der Waals surface area contributed by atoms with E-state index in [-0.39, 0.29) is 19.0 Å². The molecule has 0 bridgehead atoms. The summed E-state index contributed by atoms with van der Waals surface area (Å²) in [7, 11) is 0. The molecule has 0 fully saturated rings. The summed E-state index contributed by atoms with van der Waals surface area (Å²) in [5.41, 5.74) is 0.705. The lowest BCUT2D eigenvalue weighted by atomic mass is 10.3. The zero-order valence-electron chi connectivity index (χ0n) is 9.12. The van der Waals surface area contributed by atoms with E-state index in [0.29, 0.717) is 5.69 Å². The third-order valence-corrected chi connectivity index (χ3v) is 2.97. The fourth-order valence-electron chi connectivity index (χ4n) is 1.05. The minimum Gasteiger partial charge on any atom is -0.382 e. The summed E-state index contributed by atoms with van der Waals surface area (Å²) in [6.07, 6.45) is -6.07. The Balaban J connectivity index is 0.00000256. The van der Waals surface area contributed by atoms with Gasteiger partial charge in [0.15, 0.2) is 6.10 Å². The highest BCUT2D eigenvalue weighted by molar-refractivity contribution is 7.09. The normalized spacial score (nSPS) is 13.2. The van der Waals surface area contributed by atoms with Crippen LogP contribution in [0.4, 0.5) is 13.2 Å². The van der Waals surface area contributed by atoms with Crippen LogP contribution in [0.2, 0.25) is 0 Å². The van der Waals surface area contributed by atoms with Crippen LogP contribution in [-0.4, -0.2) is 28.9 Å². The van der Waals surface area contributed by atoms with Gasteiger partial charge >= 0.3 is 6.18 Å². The summed E-state index contributed by atoms with van der Waals surface area (Å²) in [5, 5.41) is 14.0. The van der Waals surface area contributed by atoms with Gasteiger partial charge in [-0.05, 0) is 6.42 Å². The lowest BCUT2D eigenvalue weighted by Gasteiger charge is -2.14. The van der Waals surface area contributed by atoms with E-state index in [4.69, 9.17) is 5.11 Å². The van der Waals surface area contributed by atoms with Crippen LogP contribution >= 0.6 is 23.7 Å². The van der Waals surface area contributed by atoms with Crippen molar-refractivity contribution in [3.63, 3.8) is 0 Å². The van der Waals surface area contributed by atoms with Crippen molar-refractivity contribution in [2.45, 2.75) is 32.2 Å². The molecule has 17 heavy (non-hydrogen) atoms. The van der Waals surface area contributed by atoms with E-state index < -0.39 is 18.8 Å². The second-order valence-electron chi connectivity index (χ2n) is 3.27. The van der Waals surface area contributed by atoms with Crippen LogP contribution in [0.15, 0.2) is 5.38 Å². The highest BCUT2D eigenvalue weighted by Crippen LogP contribution is 2.19. The SMILES string of the molecule is CCc1nc(CNCC(O)C(F)(F)F)cs1.Cl. The van der Waals surface area contributed by atoms with E-state index in [9.17, 15) is 13.2 Å². The number of aliphatic hydroxyl groups excluding tert-OH is 1. The van der Waals surface area contributed by atoms with Crippen molar-refractivity contribution < 1.29 is 18.3 Å². The fraction of sp³-hybridized carbons (Fsp3) is 0.667. The first-order valence-electron chi connectivity index (χ1n) is 4.82. The van der Waals surface area contributed by atoms with Crippen molar-refractivity contribution in [3.05, 3.63) is 16.1 Å². The van der Waals surface area contributed by atoms with Gasteiger partial charge in [-0.3, -0.25) is 0 Å². The van der Waals surface area contributed by atoms with Gasteiger partial charge in [-0.15, -0.1) is 23.7 Å². The quantitative estimate of drug-likeness (QED) is 0.873. The van der Waals surface area contributed by atoms with Crippen LogP contribution in [-0.2, 0) is 13.0 Å². The zero-order chi connectivity index (χ0) is 12.2. The number of thiazole rings is 1. The topological polar surface area (TPSA) is 45.2 Å². The van der Waals surface area contributed by atoms with Gasteiger partial charge in [0.25, 0.3) is 0 Å². The number of alkyl halides is 3. The summed E-state index contributed by atoms with van der Waals surface area (Å²) >= 11 is 1.48. The van der Waals surface area contributed by atoms with Crippen LogP contribution in [0.5, 0.6) is 0 Å². The van der Waals surface area contributed by atoms with E-state index in [1.807, 2.05) is 6.92 Å². The van der Waals surface area contributed by atoms with E-state index in [2.05, 4.69) is 10.3 Å². The van der Waals surface area contributed by atoms with Gasteiger partial charge in [-0.2, -0.15) is 13.2 Å². The summed E-state index contributed by atoms with van der Waals surface area (Å²) < 4.78 is 35.8. The van der Waals surface area contributed by atoms with Crippen molar-refractivity contribution in [3.8, 4) is 0 Å². The standard InChI is InChI=1S/C9H13F3N2OS.ClH/c1-2-8-14-6(5-16-8)3-13-4-7(15)9(10,11)12;/h5,7,13,15H,2-4H2,1H3;1H. The van der Waals surface area contributed by atoms with Gasteiger partial charge < -0.3 is 10.4 Å². The minimum absolute atomic E-state index is 0. The molecule has 0 spiro atoms. The second-order valence-corrected chi connectivity index (χ2v) is 4.22. The molecular weight excluding hydrogens is 277 g/mol. The molecule has 100 valence electrons. The first-order valence-corrected chi connectivity index (χ1v) is 5.70. The number of hydrogen-bond donors (Lipinski definition) is 2. The third kappa shape index (κ3) is 5.67. The molecule has 0 saturated heterocycles. The molecule has 1 aromatic heterocycles. The Bertz CT molecular complexity index is 332. The number of hydrogen-bond acceptors (Lipinski definition) is 4. The lowest BCUT2D eigenvalue weighted by Crippen LogP contribution is -2.38. The number of nitrogens with zero attached hydrogens (tertiary/aromatic N) is 1. The molecule has 1 unspecified atom stereocenters. The van der Waals surface area contributed by atoms with Gasteiger partial charge in [0.1, 0.15) is 0 Å². The van der Waals surface area contributed by atoms with E-state index in [1.165, 1.54) is 11.3 Å². The van der Waals surface area contributed by atoms with Crippen LogP contribution in [0.1, 0.15) is 17.6 Å². The highest BCUT2D eigenvalue weighted by atomic mass is 35.5. The summed E-state index contributed by atoms with van der Waals surface area (Å²) in [6, 6.07) is 0. The molecule has 2 N–H and O–H groups in total. The van der Waals surface area contributed by atoms with E-state index >= 15 is 0 Å². The molecule has 0 aliphatic carbocycles. The number of aromatic nitrogens is 1. The molecule has 8 heteroatoms. The number of halogens is 4. The molecule has 0 aromatic carbocycles. The van der Waals surface area contributed by atoms with E-state index in [1.54, 1.807) is 5.38 Å². The molecule has 0 amide bonds. The van der Waals surface area contributed by atoms with Crippen LogP contribution in [0.3, 0.4) is 0 Å². The van der Waals surface area contributed by atoms with E-state index in [0.717, 1.165) is 11.4 Å². The molecular formula is C9H14ClF3N2OS. The van der Waals surface area contributed by atoms with Crippen LogP contribution < -0.4 is 5.32 Å². The maximum absolute atomic E-state index is 11.9. The predicted molar refractivity (Wildman–Crippen MR) is 62.5 cm³/mol. The second kappa shape index (κ2) is 7.15. The Kier molecular flexibility index (Phi) is 6.99. The van der Waals surface area contributed by atoms with Crippen LogP contribution in [0, 0.1) is 0 Å². The van der Waals surface area contributed by atoms with Crippen molar-refractivity contribution in [2.24, 2.45) is 0 Å². The van der Waals surface area contributed by atoms with Gasteiger partial charge in [-0.1, -0.05) is 6.92 Å². The Morgan fingerprint density at radius 2 is 2.18 bits per heavy atom. The zero-order valence-corrected chi connectivity index (χ0v) is 10.8. The third-order valence-electron chi connectivity index (χ3n) is 1.92. The Labute approximate surface area is 107 Å². The minimum atomic E-state index is -4.57. The first kappa shape index (κ1) is 16.6. The molecule has 0 saturated carbocycles. The maximum Gasteiger partial charge on any atom is 0.415 e. The Morgan fingerprint density at radius 3 is 2.65 bits per heavy atom. The van der Waals surface area contributed by atoms with Crippen molar-refractivity contribution in [2.75, 3.05) is 6.54 Å². The molecule has 1 atom stereocenters. The molecule has 1 aromatic rings. The molecule has 0 aliphatic heterocycles. The van der Waals surface area contributed by atoms with Crippen molar-refractivity contribution >= 4 is 23.7 Å². The van der Waals surface area contributed by atoms with Gasteiger partial charge in [0.2, 0.25) is 0 Å². The largest absolute Gasteiger partial charge is 0.415 e. The first-order chi connectivity index (χ1) is 7.43. The van der Waals surface area contributed by atoms with Crippen LogP contribution in [0.25, 0.3) is 0 Å².